The summed E-state index contributed by atoms with van der Waals surface area (Å²) in [5, 5.41) is 0.341. The highest BCUT2D eigenvalue weighted by Crippen LogP contribution is 2.28. The van der Waals surface area contributed by atoms with Crippen molar-refractivity contribution < 1.29 is 8.42 Å². The maximum atomic E-state index is 12.3. The van der Waals surface area contributed by atoms with E-state index in [4.69, 9.17) is 34.8 Å². The predicted octanol–water partition coefficient (Wildman–Crippen LogP) is 3.82. The summed E-state index contributed by atoms with van der Waals surface area (Å²) in [6, 6.07) is 4.07. The molecule has 2 rings (SSSR count). The summed E-state index contributed by atoms with van der Waals surface area (Å²) in [6.07, 6.45) is 3.58. The topological polar surface area (TPSA) is 46.2 Å². The molecule has 1 aliphatic rings. The lowest BCUT2D eigenvalue weighted by Crippen LogP contribution is -2.42. The van der Waals surface area contributed by atoms with Crippen LogP contribution >= 0.6 is 34.8 Å². The van der Waals surface area contributed by atoms with E-state index in [1.165, 1.54) is 18.2 Å². The molecule has 7 heteroatoms. The molecule has 0 saturated heterocycles. The first-order valence-electron chi connectivity index (χ1n) is 6.01. The lowest BCUT2D eigenvalue weighted by atomic mass is 9.96. The Hall–Kier alpha value is -0.000000000000000111. The van der Waals surface area contributed by atoms with Crippen molar-refractivity contribution in [3.8, 4) is 0 Å². The first-order chi connectivity index (χ1) is 8.90. The normalized spacial score (nSPS) is 24.4. The van der Waals surface area contributed by atoms with Crippen LogP contribution in [0.5, 0.6) is 0 Å². The van der Waals surface area contributed by atoms with E-state index in [1.807, 2.05) is 0 Å². The maximum absolute atomic E-state index is 12.3. The Morgan fingerprint density at radius 2 is 1.84 bits per heavy atom. The fourth-order valence-electron chi connectivity index (χ4n) is 2.17. The molecule has 0 aliphatic heterocycles. The molecular weight excluding hydrogens is 329 g/mol. The average molecular weight is 343 g/mol. The van der Waals surface area contributed by atoms with Crippen LogP contribution < -0.4 is 4.72 Å². The summed E-state index contributed by atoms with van der Waals surface area (Å²) in [4.78, 5) is 0.0352. The van der Waals surface area contributed by atoms with E-state index in [1.54, 1.807) is 0 Å². The van der Waals surface area contributed by atoms with Gasteiger partial charge in [0.15, 0.2) is 0 Å². The maximum Gasteiger partial charge on any atom is 0.242 e. The summed E-state index contributed by atoms with van der Waals surface area (Å²) in [6.45, 7) is 0. The molecule has 0 heterocycles. The number of rotatable bonds is 3. The van der Waals surface area contributed by atoms with Crippen LogP contribution in [-0.4, -0.2) is 19.8 Å². The van der Waals surface area contributed by atoms with Gasteiger partial charge in [-0.15, -0.1) is 11.6 Å². The number of hydrogen-bond donors (Lipinski definition) is 1. The van der Waals surface area contributed by atoms with Gasteiger partial charge in [0.25, 0.3) is 0 Å². The average Bonchev–Trinajstić information content (AvgIpc) is 2.31. The van der Waals surface area contributed by atoms with Gasteiger partial charge >= 0.3 is 0 Å². The van der Waals surface area contributed by atoms with Crippen LogP contribution in [0.15, 0.2) is 23.1 Å². The van der Waals surface area contributed by atoms with E-state index in [0.717, 1.165) is 25.7 Å². The van der Waals surface area contributed by atoms with Gasteiger partial charge in [-0.1, -0.05) is 36.0 Å². The third kappa shape index (κ3) is 3.76. The van der Waals surface area contributed by atoms with Gasteiger partial charge in [0.05, 0.1) is 5.02 Å². The molecule has 0 radical (unpaired) electrons. The third-order valence-electron chi connectivity index (χ3n) is 3.17. The van der Waals surface area contributed by atoms with Crippen LogP contribution in [0.1, 0.15) is 25.7 Å². The molecule has 1 saturated carbocycles. The molecule has 1 aliphatic carbocycles. The molecule has 1 aromatic carbocycles. The quantitative estimate of drug-likeness (QED) is 0.849. The summed E-state index contributed by atoms with van der Waals surface area (Å²) in [5.74, 6) is 0. The Labute approximate surface area is 128 Å². The number of hydrogen-bond acceptors (Lipinski definition) is 2. The van der Waals surface area contributed by atoms with Crippen molar-refractivity contribution in [1.82, 2.24) is 4.72 Å². The van der Waals surface area contributed by atoms with Gasteiger partial charge in [-0.3, -0.25) is 0 Å². The smallest absolute Gasteiger partial charge is 0.207 e. The Kier molecular flexibility index (Phi) is 5.01. The molecule has 1 aromatic rings. The Balaban J connectivity index is 2.22. The highest BCUT2D eigenvalue weighted by atomic mass is 35.5. The zero-order chi connectivity index (χ0) is 14.0. The molecule has 19 heavy (non-hydrogen) atoms. The lowest BCUT2D eigenvalue weighted by molar-refractivity contribution is 0.418. The van der Waals surface area contributed by atoms with Crippen molar-refractivity contribution >= 4 is 44.8 Å². The molecule has 1 fully saturated rings. The number of halogens is 3. The molecule has 0 bridgehead atoms. The highest BCUT2D eigenvalue weighted by Gasteiger charge is 2.29. The summed E-state index contributed by atoms with van der Waals surface area (Å²) in [5.41, 5.74) is 0. The summed E-state index contributed by atoms with van der Waals surface area (Å²) >= 11 is 17.9. The van der Waals surface area contributed by atoms with Crippen molar-refractivity contribution in [2.24, 2.45) is 0 Å². The first-order valence-corrected chi connectivity index (χ1v) is 8.69. The van der Waals surface area contributed by atoms with Gasteiger partial charge in [0, 0.05) is 16.4 Å². The molecule has 106 valence electrons. The van der Waals surface area contributed by atoms with E-state index >= 15 is 0 Å². The van der Waals surface area contributed by atoms with E-state index < -0.39 is 10.0 Å². The Morgan fingerprint density at radius 1 is 1.16 bits per heavy atom. The van der Waals surface area contributed by atoms with Crippen LogP contribution in [0.25, 0.3) is 0 Å². The van der Waals surface area contributed by atoms with E-state index in [0.29, 0.717) is 5.02 Å². The van der Waals surface area contributed by atoms with Gasteiger partial charge in [-0.2, -0.15) is 0 Å². The third-order valence-corrected chi connectivity index (χ3v) is 5.90. The van der Waals surface area contributed by atoms with E-state index in [2.05, 4.69) is 4.72 Å². The molecule has 0 spiro atoms. The summed E-state index contributed by atoms with van der Waals surface area (Å²) < 4.78 is 27.2. The van der Waals surface area contributed by atoms with Gasteiger partial charge in [0.1, 0.15) is 4.90 Å². The largest absolute Gasteiger partial charge is 0.242 e. The number of alkyl halides is 1. The van der Waals surface area contributed by atoms with Crippen LogP contribution in [0.4, 0.5) is 0 Å². The molecular formula is C12H14Cl3NO2S. The van der Waals surface area contributed by atoms with Crippen LogP contribution in [0, 0.1) is 0 Å². The van der Waals surface area contributed by atoms with Crippen LogP contribution in [-0.2, 0) is 10.0 Å². The Bertz CT molecular complexity index is 562. The molecule has 2 unspecified atom stereocenters. The zero-order valence-electron chi connectivity index (χ0n) is 10.1. The number of benzene rings is 1. The second-order valence-electron chi connectivity index (χ2n) is 4.60. The molecule has 1 N–H and O–H groups in total. The standard InChI is InChI=1S/C12H14Cl3NO2S/c13-8-5-6-12(10(15)7-8)19(17,18)16-11-4-2-1-3-9(11)14/h5-7,9,11,16H,1-4H2. The van der Waals surface area contributed by atoms with Crippen molar-refractivity contribution in [2.75, 3.05) is 0 Å². The second-order valence-corrected chi connectivity index (χ2v) is 7.69. The minimum atomic E-state index is -3.67. The first kappa shape index (κ1) is 15.4. The molecule has 3 nitrogen and oxygen atoms in total. The molecule has 2 atom stereocenters. The second kappa shape index (κ2) is 6.19. The van der Waals surface area contributed by atoms with Crippen molar-refractivity contribution in [2.45, 2.75) is 42.0 Å². The minimum Gasteiger partial charge on any atom is -0.207 e. The van der Waals surface area contributed by atoms with Gasteiger partial charge < -0.3 is 0 Å². The van der Waals surface area contributed by atoms with Crippen molar-refractivity contribution in [1.29, 1.82) is 0 Å². The predicted molar refractivity (Wildman–Crippen MR) is 78.7 cm³/mol. The molecule has 0 amide bonds. The van der Waals surface area contributed by atoms with Crippen molar-refractivity contribution in [3.05, 3.63) is 28.2 Å². The minimum absolute atomic E-state index is 0.0352. The SMILES string of the molecule is O=S(=O)(NC1CCCCC1Cl)c1ccc(Cl)cc1Cl. The van der Waals surface area contributed by atoms with Crippen LogP contribution in [0.2, 0.25) is 10.0 Å². The fourth-order valence-corrected chi connectivity index (χ4v) is 4.68. The lowest BCUT2D eigenvalue weighted by Gasteiger charge is -2.27. The number of sulfonamides is 1. The van der Waals surface area contributed by atoms with E-state index in [9.17, 15) is 8.42 Å². The zero-order valence-corrected chi connectivity index (χ0v) is 13.2. The van der Waals surface area contributed by atoms with Gasteiger partial charge in [-0.05, 0) is 31.0 Å². The van der Waals surface area contributed by atoms with Gasteiger partial charge in [0.2, 0.25) is 10.0 Å². The van der Waals surface area contributed by atoms with E-state index in [-0.39, 0.29) is 21.3 Å². The summed E-state index contributed by atoms with van der Waals surface area (Å²) in [7, 11) is -3.67. The van der Waals surface area contributed by atoms with Crippen molar-refractivity contribution in [3.63, 3.8) is 0 Å². The Morgan fingerprint density at radius 3 is 2.47 bits per heavy atom. The monoisotopic (exact) mass is 341 g/mol. The van der Waals surface area contributed by atoms with Gasteiger partial charge in [-0.25, -0.2) is 13.1 Å². The van der Waals surface area contributed by atoms with Crippen LogP contribution in [0.3, 0.4) is 0 Å². The number of nitrogens with one attached hydrogen (secondary N) is 1. The highest BCUT2D eigenvalue weighted by molar-refractivity contribution is 7.89. The fraction of sp³-hybridized carbons (Fsp3) is 0.500. The molecule has 0 aromatic heterocycles.